The molecule has 2 aromatic rings. The van der Waals surface area contributed by atoms with Crippen molar-refractivity contribution in [1.82, 2.24) is 8.87 Å². The van der Waals surface area contributed by atoms with Crippen LogP contribution in [0.5, 0.6) is 0 Å². The van der Waals surface area contributed by atoms with Gasteiger partial charge in [-0.25, -0.2) is 8.42 Å². The number of sulfonamides is 1. The summed E-state index contributed by atoms with van der Waals surface area (Å²) in [6, 6.07) is 8.78. The number of morpholine rings is 1. The lowest BCUT2D eigenvalue weighted by atomic mass is 10.3. The lowest BCUT2D eigenvalue weighted by Crippen LogP contribution is -2.40. The van der Waals surface area contributed by atoms with Gasteiger partial charge in [0.05, 0.1) is 28.6 Å². The quantitative estimate of drug-likeness (QED) is 0.740. The van der Waals surface area contributed by atoms with E-state index in [4.69, 9.17) is 9.84 Å². The van der Waals surface area contributed by atoms with E-state index in [2.05, 4.69) is 6.07 Å². The smallest absolute Gasteiger partial charge is 0.323 e. The third-order valence-electron chi connectivity index (χ3n) is 4.78. The molecular weight excluding hydrogens is 414 g/mol. The highest BCUT2D eigenvalue weighted by molar-refractivity contribution is 8.00. The Balaban J connectivity index is 2.05. The molecule has 0 radical (unpaired) electrons. The number of hydrogen-bond donors (Lipinski definition) is 1. The molecule has 1 N–H and O–H groups in total. The Morgan fingerprint density at radius 1 is 1.24 bits per heavy atom. The van der Waals surface area contributed by atoms with Crippen molar-refractivity contribution in [2.75, 3.05) is 26.3 Å². The molecule has 0 bridgehead atoms. The van der Waals surface area contributed by atoms with Crippen LogP contribution in [0, 0.1) is 25.2 Å². The molecule has 1 aliphatic heterocycles. The van der Waals surface area contributed by atoms with Gasteiger partial charge in [-0.1, -0.05) is 23.9 Å². The van der Waals surface area contributed by atoms with Gasteiger partial charge < -0.3 is 14.4 Å². The number of hydrogen-bond acceptors (Lipinski definition) is 6. The van der Waals surface area contributed by atoms with Gasteiger partial charge >= 0.3 is 5.97 Å². The van der Waals surface area contributed by atoms with Gasteiger partial charge in [0.1, 0.15) is 12.6 Å². The van der Waals surface area contributed by atoms with Crippen LogP contribution in [0.15, 0.2) is 39.0 Å². The Morgan fingerprint density at radius 2 is 1.90 bits per heavy atom. The zero-order valence-corrected chi connectivity index (χ0v) is 17.7. The van der Waals surface area contributed by atoms with Crippen molar-refractivity contribution >= 4 is 27.8 Å². The van der Waals surface area contributed by atoms with Gasteiger partial charge in [0.25, 0.3) is 0 Å². The van der Waals surface area contributed by atoms with Crippen LogP contribution in [-0.4, -0.2) is 54.7 Å². The van der Waals surface area contributed by atoms with Crippen LogP contribution in [0.2, 0.25) is 0 Å². The van der Waals surface area contributed by atoms with E-state index < -0.39 is 16.0 Å². The summed E-state index contributed by atoms with van der Waals surface area (Å²) in [7, 11) is -3.72. The van der Waals surface area contributed by atoms with E-state index >= 15 is 0 Å². The zero-order valence-electron chi connectivity index (χ0n) is 16.1. The predicted octanol–water partition coefficient (Wildman–Crippen LogP) is 2.23. The Bertz CT molecular complexity index is 1080. The molecule has 3 rings (SSSR count). The zero-order chi connectivity index (χ0) is 21.2. The molecule has 0 amide bonds. The van der Waals surface area contributed by atoms with E-state index in [0.29, 0.717) is 40.0 Å². The predicted molar refractivity (Wildman–Crippen MR) is 106 cm³/mol. The average molecular weight is 436 g/mol. The highest BCUT2D eigenvalue weighted by Gasteiger charge is 2.29. The fourth-order valence-corrected chi connectivity index (χ4v) is 6.28. The lowest BCUT2D eigenvalue weighted by molar-refractivity contribution is -0.137. The molecule has 0 atom stereocenters. The number of carboxylic acid groups (broad SMARTS) is 1. The minimum Gasteiger partial charge on any atom is -0.480 e. The first-order valence-electron chi connectivity index (χ1n) is 8.93. The lowest BCUT2D eigenvalue weighted by Gasteiger charge is -2.26. The topological polar surface area (TPSA) is 113 Å². The van der Waals surface area contributed by atoms with Crippen molar-refractivity contribution in [3.8, 4) is 6.07 Å². The second kappa shape index (κ2) is 8.59. The first-order valence-corrected chi connectivity index (χ1v) is 11.2. The minimum atomic E-state index is -3.72. The molecule has 29 heavy (non-hydrogen) atoms. The molecular formula is C19H21N3O5S2. The fourth-order valence-electron chi connectivity index (χ4n) is 3.27. The standard InChI is InChI=1S/C19H21N3O5S2/c1-13-15(11-20)19(14(2)22(13)12-18(23)24)28-16-5-3-4-6-17(16)29(25,26)21-7-9-27-10-8-21/h3-6H,7-10,12H2,1-2H3,(H,23,24). The van der Waals surface area contributed by atoms with Crippen molar-refractivity contribution in [2.45, 2.75) is 35.1 Å². The number of nitrogens with zero attached hydrogens (tertiary/aromatic N) is 3. The third kappa shape index (κ3) is 4.18. The summed E-state index contributed by atoms with van der Waals surface area (Å²) in [4.78, 5) is 12.4. The summed E-state index contributed by atoms with van der Waals surface area (Å²) < 4.78 is 34.5. The summed E-state index contributed by atoms with van der Waals surface area (Å²) in [5.41, 5.74) is 1.51. The normalized spacial score (nSPS) is 15.2. The van der Waals surface area contributed by atoms with Crippen LogP contribution in [0.25, 0.3) is 0 Å². The third-order valence-corrected chi connectivity index (χ3v) is 8.15. The molecule has 1 saturated heterocycles. The van der Waals surface area contributed by atoms with E-state index in [1.165, 1.54) is 16.1 Å². The monoisotopic (exact) mass is 435 g/mol. The van der Waals surface area contributed by atoms with Crippen LogP contribution in [-0.2, 0) is 26.1 Å². The minimum absolute atomic E-state index is 0.166. The van der Waals surface area contributed by atoms with E-state index in [9.17, 15) is 18.5 Å². The second-order valence-corrected chi connectivity index (χ2v) is 9.49. The number of carboxylic acids is 1. The highest BCUT2D eigenvalue weighted by Crippen LogP contribution is 2.39. The first-order chi connectivity index (χ1) is 13.8. The maximum Gasteiger partial charge on any atom is 0.323 e. The maximum absolute atomic E-state index is 13.2. The van der Waals surface area contributed by atoms with Gasteiger partial charge in [0.2, 0.25) is 10.0 Å². The average Bonchev–Trinajstić information content (AvgIpc) is 2.92. The number of rotatable bonds is 6. The molecule has 0 saturated carbocycles. The molecule has 10 heteroatoms. The van der Waals surface area contributed by atoms with Crippen LogP contribution in [0.4, 0.5) is 0 Å². The Kier molecular flexibility index (Phi) is 6.33. The molecule has 2 heterocycles. The molecule has 1 aliphatic rings. The number of aliphatic carboxylic acids is 1. The largest absolute Gasteiger partial charge is 0.480 e. The molecule has 0 aliphatic carbocycles. The van der Waals surface area contributed by atoms with Crippen LogP contribution in [0.1, 0.15) is 17.0 Å². The summed E-state index contributed by atoms with van der Waals surface area (Å²) in [6.45, 7) is 4.44. The Labute approximate surface area is 173 Å². The number of aromatic nitrogens is 1. The van der Waals surface area contributed by atoms with Crippen molar-refractivity contribution < 1.29 is 23.1 Å². The number of nitriles is 1. The molecule has 1 fully saturated rings. The van der Waals surface area contributed by atoms with E-state index in [-0.39, 0.29) is 24.5 Å². The van der Waals surface area contributed by atoms with Crippen LogP contribution < -0.4 is 0 Å². The Morgan fingerprint density at radius 3 is 2.52 bits per heavy atom. The van der Waals surface area contributed by atoms with E-state index in [0.717, 1.165) is 0 Å². The second-order valence-electron chi connectivity index (χ2n) is 6.53. The summed E-state index contributed by atoms with van der Waals surface area (Å²) in [5, 5.41) is 18.8. The summed E-state index contributed by atoms with van der Waals surface area (Å²) in [6.07, 6.45) is 0. The van der Waals surface area contributed by atoms with Gasteiger partial charge in [-0.3, -0.25) is 4.79 Å². The van der Waals surface area contributed by atoms with Gasteiger partial charge in [-0.05, 0) is 26.0 Å². The molecule has 1 aromatic heterocycles. The van der Waals surface area contributed by atoms with Crippen molar-refractivity contribution in [3.05, 3.63) is 41.2 Å². The SMILES string of the molecule is Cc1c(C#N)c(Sc2ccccc2S(=O)(=O)N2CCOCC2)c(C)n1CC(=O)O. The number of ether oxygens (including phenoxy) is 1. The van der Waals surface area contributed by atoms with E-state index in [1.807, 2.05) is 0 Å². The van der Waals surface area contributed by atoms with Crippen molar-refractivity contribution in [2.24, 2.45) is 0 Å². The van der Waals surface area contributed by atoms with Crippen LogP contribution in [0.3, 0.4) is 0 Å². The van der Waals surface area contributed by atoms with Gasteiger partial charge in [-0.15, -0.1) is 0 Å². The molecule has 0 unspecified atom stereocenters. The number of carbonyl (C=O) groups is 1. The molecule has 8 nitrogen and oxygen atoms in total. The molecule has 154 valence electrons. The maximum atomic E-state index is 13.2. The van der Waals surface area contributed by atoms with E-state index in [1.54, 1.807) is 42.7 Å². The highest BCUT2D eigenvalue weighted by atomic mass is 32.2. The summed E-state index contributed by atoms with van der Waals surface area (Å²) in [5.74, 6) is -1.01. The molecule has 1 aromatic carbocycles. The fraction of sp³-hybridized carbons (Fsp3) is 0.368. The first kappa shape index (κ1) is 21.4. The van der Waals surface area contributed by atoms with Crippen molar-refractivity contribution in [1.29, 1.82) is 5.26 Å². The van der Waals surface area contributed by atoms with Gasteiger partial charge in [-0.2, -0.15) is 9.57 Å². The Hall–Kier alpha value is -2.32. The summed E-state index contributed by atoms with van der Waals surface area (Å²) >= 11 is 1.17. The van der Waals surface area contributed by atoms with Gasteiger partial charge in [0.15, 0.2) is 0 Å². The van der Waals surface area contributed by atoms with Crippen LogP contribution >= 0.6 is 11.8 Å². The number of benzene rings is 1. The van der Waals surface area contributed by atoms with Crippen molar-refractivity contribution in [3.63, 3.8) is 0 Å². The van der Waals surface area contributed by atoms with Gasteiger partial charge in [0, 0.05) is 29.4 Å². The molecule has 0 spiro atoms.